The summed E-state index contributed by atoms with van der Waals surface area (Å²) < 4.78 is 5.90. The maximum Gasteiger partial charge on any atom is 0.251 e. The predicted octanol–water partition coefficient (Wildman–Crippen LogP) is 5.02. The molecular weight excluding hydrogens is 384 g/mol. The van der Waals surface area contributed by atoms with Crippen molar-refractivity contribution in [2.75, 3.05) is 0 Å². The molecule has 4 aromatic rings. The van der Waals surface area contributed by atoms with Crippen LogP contribution in [0.15, 0.2) is 63.1 Å². The van der Waals surface area contributed by atoms with Gasteiger partial charge in [0.05, 0.1) is 22.1 Å². The third-order valence-electron chi connectivity index (χ3n) is 4.74. The highest BCUT2D eigenvalue weighted by Gasteiger charge is 2.14. The Hall–Kier alpha value is -3.25. The Morgan fingerprint density at radius 1 is 1.10 bits per heavy atom. The van der Waals surface area contributed by atoms with Gasteiger partial charge < -0.3 is 9.73 Å². The first-order chi connectivity index (χ1) is 13.9. The number of thiazole rings is 1. The molecule has 1 atom stereocenters. The monoisotopic (exact) mass is 404 g/mol. The standard InChI is InChI=1S/C23H20N2O3S/c1-13-4-9-21-18(10-13)20(26)11-22(28-21)16-5-7-17(8-6-16)23(27)24-14(2)19-12-29-15(3)25-19/h4-12,14H,1-3H3,(H,24,27). The minimum Gasteiger partial charge on any atom is -0.456 e. The van der Waals surface area contributed by atoms with Gasteiger partial charge in [-0.25, -0.2) is 4.98 Å². The van der Waals surface area contributed by atoms with Crippen LogP contribution < -0.4 is 10.7 Å². The molecule has 6 heteroatoms. The molecule has 0 aliphatic heterocycles. The molecule has 0 saturated carbocycles. The average Bonchev–Trinajstić information content (AvgIpc) is 3.15. The summed E-state index contributed by atoms with van der Waals surface area (Å²) in [5, 5.41) is 6.44. The first-order valence-corrected chi connectivity index (χ1v) is 10.2. The summed E-state index contributed by atoms with van der Waals surface area (Å²) in [7, 11) is 0. The van der Waals surface area contributed by atoms with Crippen LogP contribution in [0, 0.1) is 13.8 Å². The second kappa shape index (κ2) is 7.64. The van der Waals surface area contributed by atoms with Crippen molar-refractivity contribution < 1.29 is 9.21 Å². The van der Waals surface area contributed by atoms with Gasteiger partial charge in [-0.2, -0.15) is 0 Å². The van der Waals surface area contributed by atoms with Gasteiger partial charge in [0.25, 0.3) is 5.91 Å². The summed E-state index contributed by atoms with van der Waals surface area (Å²) in [6, 6.07) is 13.9. The maximum atomic E-state index is 12.5. The van der Waals surface area contributed by atoms with E-state index in [-0.39, 0.29) is 17.4 Å². The largest absolute Gasteiger partial charge is 0.456 e. The number of nitrogens with zero attached hydrogens (tertiary/aromatic N) is 1. The minimum absolute atomic E-state index is 0.0841. The molecule has 1 amide bonds. The molecule has 146 valence electrons. The SMILES string of the molecule is Cc1ccc2oc(-c3ccc(C(=O)NC(C)c4csc(C)n4)cc3)cc(=O)c2c1. The number of hydrogen-bond acceptors (Lipinski definition) is 5. The molecule has 0 aliphatic rings. The first kappa shape index (κ1) is 19.1. The molecule has 2 heterocycles. The van der Waals surface area contributed by atoms with Crippen LogP contribution in [-0.2, 0) is 0 Å². The van der Waals surface area contributed by atoms with Crippen molar-refractivity contribution in [1.82, 2.24) is 10.3 Å². The van der Waals surface area contributed by atoms with Crippen LogP contribution in [-0.4, -0.2) is 10.9 Å². The highest BCUT2D eigenvalue weighted by atomic mass is 32.1. The number of hydrogen-bond donors (Lipinski definition) is 1. The Labute approximate surface area is 172 Å². The van der Waals surface area contributed by atoms with Gasteiger partial charge in [0.2, 0.25) is 0 Å². The molecule has 0 saturated heterocycles. The van der Waals surface area contributed by atoms with Crippen LogP contribution in [0.2, 0.25) is 0 Å². The zero-order valence-corrected chi connectivity index (χ0v) is 17.2. The lowest BCUT2D eigenvalue weighted by Gasteiger charge is -2.12. The molecule has 1 unspecified atom stereocenters. The van der Waals surface area contributed by atoms with E-state index in [1.807, 2.05) is 38.3 Å². The third kappa shape index (κ3) is 3.98. The van der Waals surface area contributed by atoms with Crippen LogP contribution in [0.3, 0.4) is 0 Å². The molecule has 0 bridgehead atoms. The lowest BCUT2D eigenvalue weighted by molar-refractivity contribution is 0.0939. The highest BCUT2D eigenvalue weighted by Crippen LogP contribution is 2.23. The third-order valence-corrected chi connectivity index (χ3v) is 5.53. The van der Waals surface area contributed by atoms with Gasteiger partial charge in [-0.1, -0.05) is 23.8 Å². The number of aryl methyl sites for hydroxylation is 2. The molecule has 0 fully saturated rings. The van der Waals surface area contributed by atoms with Gasteiger partial charge in [-0.15, -0.1) is 11.3 Å². The summed E-state index contributed by atoms with van der Waals surface area (Å²) in [6.45, 7) is 5.78. The molecule has 0 spiro atoms. The van der Waals surface area contributed by atoms with E-state index in [1.54, 1.807) is 41.7 Å². The molecular formula is C23H20N2O3S. The number of amides is 1. The van der Waals surface area contributed by atoms with Crippen LogP contribution in [0.1, 0.15) is 39.6 Å². The van der Waals surface area contributed by atoms with Crippen LogP contribution in [0.4, 0.5) is 0 Å². The van der Waals surface area contributed by atoms with Crippen LogP contribution in [0.5, 0.6) is 0 Å². The van der Waals surface area contributed by atoms with Crippen molar-refractivity contribution in [1.29, 1.82) is 0 Å². The molecule has 5 nitrogen and oxygen atoms in total. The zero-order valence-electron chi connectivity index (χ0n) is 16.4. The molecule has 2 aromatic heterocycles. The summed E-state index contributed by atoms with van der Waals surface area (Å²) >= 11 is 1.56. The van der Waals surface area contributed by atoms with E-state index >= 15 is 0 Å². The Kier molecular flexibility index (Phi) is 5.03. The van der Waals surface area contributed by atoms with Crippen molar-refractivity contribution >= 4 is 28.2 Å². The van der Waals surface area contributed by atoms with E-state index in [0.717, 1.165) is 21.8 Å². The quantitative estimate of drug-likeness (QED) is 0.518. The number of carbonyl (C=O) groups excluding carboxylic acids is 1. The lowest BCUT2D eigenvalue weighted by Crippen LogP contribution is -2.26. The fourth-order valence-electron chi connectivity index (χ4n) is 3.13. The van der Waals surface area contributed by atoms with Gasteiger partial charge in [0.1, 0.15) is 11.3 Å². The van der Waals surface area contributed by atoms with E-state index in [0.29, 0.717) is 22.3 Å². The highest BCUT2D eigenvalue weighted by molar-refractivity contribution is 7.09. The molecule has 0 radical (unpaired) electrons. The van der Waals surface area contributed by atoms with Crippen LogP contribution in [0.25, 0.3) is 22.3 Å². The van der Waals surface area contributed by atoms with Gasteiger partial charge in [0.15, 0.2) is 5.43 Å². The fraction of sp³-hybridized carbons (Fsp3) is 0.174. The number of fused-ring (bicyclic) bond motifs is 1. The lowest BCUT2D eigenvalue weighted by atomic mass is 10.1. The number of nitrogens with one attached hydrogen (secondary N) is 1. The van der Waals surface area contributed by atoms with E-state index in [1.165, 1.54) is 6.07 Å². The number of rotatable bonds is 4. The van der Waals surface area contributed by atoms with Crippen LogP contribution >= 0.6 is 11.3 Å². The maximum absolute atomic E-state index is 12.5. The average molecular weight is 404 g/mol. The zero-order chi connectivity index (χ0) is 20.5. The Morgan fingerprint density at radius 2 is 1.86 bits per heavy atom. The molecule has 4 rings (SSSR count). The molecule has 0 aliphatic carbocycles. The minimum atomic E-state index is -0.176. The smallest absolute Gasteiger partial charge is 0.251 e. The number of carbonyl (C=O) groups is 1. The van der Waals surface area contributed by atoms with Gasteiger partial charge >= 0.3 is 0 Å². The van der Waals surface area contributed by atoms with E-state index in [4.69, 9.17) is 4.42 Å². The van der Waals surface area contributed by atoms with E-state index in [2.05, 4.69) is 10.3 Å². The Balaban J connectivity index is 1.56. The van der Waals surface area contributed by atoms with E-state index < -0.39 is 0 Å². The van der Waals surface area contributed by atoms with Crippen molar-refractivity contribution in [2.24, 2.45) is 0 Å². The molecule has 1 N–H and O–H groups in total. The number of aromatic nitrogens is 1. The van der Waals surface area contributed by atoms with Gasteiger partial charge in [-0.3, -0.25) is 9.59 Å². The molecule has 29 heavy (non-hydrogen) atoms. The second-order valence-corrected chi connectivity index (χ2v) is 8.10. The summed E-state index contributed by atoms with van der Waals surface area (Å²) in [4.78, 5) is 29.4. The normalized spacial score (nSPS) is 12.1. The summed E-state index contributed by atoms with van der Waals surface area (Å²) in [5.74, 6) is 0.301. The Morgan fingerprint density at radius 3 is 2.55 bits per heavy atom. The second-order valence-electron chi connectivity index (χ2n) is 7.04. The van der Waals surface area contributed by atoms with Crippen molar-refractivity contribution in [3.8, 4) is 11.3 Å². The Bertz CT molecular complexity index is 1260. The summed E-state index contributed by atoms with van der Waals surface area (Å²) in [6.07, 6.45) is 0. The van der Waals surface area contributed by atoms with Crippen molar-refractivity contribution in [3.63, 3.8) is 0 Å². The van der Waals surface area contributed by atoms with E-state index in [9.17, 15) is 9.59 Å². The fourth-order valence-corrected chi connectivity index (χ4v) is 3.84. The topological polar surface area (TPSA) is 72.2 Å². The predicted molar refractivity (Wildman–Crippen MR) is 115 cm³/mol. The van der Waals surface area contributed by atoms with Gasteiger partial charge in [0, 0.05) is 22.6 Å². The van der Waals surface area contributed by atoms with Gasteiger partial charge in [-0.05, 0) is 45.0 Å². The molecule has 2 aromatic carbocycles. The summed E-state index contributed by atoms with van der Waals surface area (Å²) in [5.41, 5.74) is 3.60. The number of benzene rings is 2. The van der Waals surface area contributed by atoms with Crippen molar-refractivity contribution in [2.45, 2.75) is 26.8 Å². The van der Waals surface area contributed by atoms with Crippen molar-refractivity contribution in [3.05, 3.63) is 86.0 Å². The first-order valence-electron chi connectivity index (χ1n) is 9.28.